The van der Waals surface area contributed by atoms with Crippen LogP contribution in [0.4, 0.5) is 8.78 Å². The summed E-state index contributed by atoms with van der Waals surface area (Å²) in [5.41, 5.74) is 0.0655. The summed E-state index contributed by atoms with van der Waals surface area (Å²) in [5.74, 6) is -2.49. The van der Waals surface area contributed by atoms with Crippen LogP contribution in [0, 0.1) is 11.6 Å². The highest BCUT2D eigenvalue weighted by molar-refractivity contribution is 5.94. The summed E-state index contributed by atoms with van der Waals surface area (Å²) >= 11 is 0. The van der Waals surface area contributed by atoms with Gasteiger partial charge in [0.1, 0.15) is 12.2 Å². The topological polar surface area (TPSA) is 48.0 Å². The van der Waals surface area contributed by atoms with Crippen LogP contribution >= 0.6 is 0 Å². The van der Waals surface area contributed by atoms with Gasteiger partial charge in [-0.1, -0.05) is 0 Å². The lowest BCUT2D eigenvalue weighted by molar-refractivity contribution is -0.147. The Hall–Kier alpha value is -1.57. The fraction of sp³-hybridized carbons (Fsp3) is 0.533. The van der Waals surface area contributed by atoms with Crippen molar-refractivity contribution in [2.75, 3.05) is 34.5 Å². The molecule has 0 radical (unpaired) electrons. The molecule has 0 saturated carbocycles. The Morgan fingerprint density at radius 3 is 2.55 bits per heavy atom. The van der Waals surface area contributed by atoms with Crippen LogP contribution in [-0.2, 0) is 14.2 Å². The number of hydrogen-bond acceptors (Lipinski definition) is 4. The normalized spacial score (nSPS) is 25.0. The smallest absolute Gasteiger partial charge is 0.254 e. The van der Waals surface area contributed by atoms with Crippen LogP contribution in [0.1, 0.15) is 10.4 Å². The summed E-state index contributed by atoms with van der Waals surface area (Å²) in [5, 5.41) is 0. The van der Waals surface area contributed by atoms with E-state index in [1.54, 1.807) is 14.2 Å². The lowest BCUT2D eigenvalue weighted by Crippen LogP contribution is -2.57. The lowest BCUT2D eigenvalue weighted by Gasteiger charge is -2.40. The average Bonchev–Trinajstić information content (AvgIpc) is 2.55. The molecule has 0 spiro atoms. The molecule has 0 N–H and O–H groups in total. The van der Waals surface area contributed by atoms with E-state index in [4.69, 9.17) is 14.2 Å². The lowest BCUT2D eigenvalue weighted by atomic mass is 10.0. The van der Waals surface area contributed by atoms with Crippen molar-refractivity contribution >= 4 is 5.91 Å². The molecule has 0 aliphatic carbocycles. The maximum Gasteiger partial charge on any atom is 0.254 e. The molecule has 1 aliphatic rings. The molecule has 1 amide bonds. The minimum absolute atomic E-state index is 0.0655. The van der Waals surface area contributed by atoms with Crippen LogP contribution in [0.5, 0.6) is 0 Å². The van der Waals surface area contributed by atoms with E-state index in [0.717, 1.165) is 12.1 Å². The molecule has 1 fully saturated rings. The number of carbonyl (C=O) groups is 1. The first-order valence-corrected chi connectivity index (χ1v) is 6.85. The SMILES string of the molecule is CO[C@H]1[C@H](N(C)C(=O)c2ccc(F)c(F)c2)COC[C@H]1OC. The van der Waals surface area contributed by atoms with Crippen LogP contribution < -0.4 is 0 Å². The third kappa shape index (κ3) is 3.26. The third-order valence-electron chi connectivity index (χ3n) is 3.88. The average molecular weight is 315 g/mol. The van der Waals surface area contributed by atoms with Crippen molar-refractivity contribution < 1.29 is 27.8 Å². The number of ether oxygens (including phenoxy) is 3. The van der Waals surface area contributed by atoms with Crippen LogP contribution in [0.2, 0.25) is 0 Å². The predicted octanol–water partition coefficient (Wildman–Crippen LogP) is 1.47. The van der Waals surface area contributed by atoms with Gasteiger partial charge in [-0.2, -0.15) is 0 Å². The van der Waals surface area contributed by atoms with E-state index in [1.165, 1.54) is 18.1 Å². The standard InChI is InChI=1S/C15H19F2NO4/c1-18(12-7-22-8-13(20-2)14(12)21-3)15(19)9-4-5-10(16)11(17)6-9/h4-6,12-14H,7-8H2,1-3H3/t12-,13-,14+/m1/s1. The fourth-order valence-corrected chi connectivity index (χ4v) is 2.57. The van der Waals surface area contributed by atoms with Gasteiger partial charge in [-0.25, -0.2) is 8.78 Å². The molecule has 1 aliphatic heterocycles. The van der Waals surface area contributed by atoms with Crippen LogP contribution in [0.3, 0.4) is 0 Å². The molecular weight excluding hydrogens is 296 g/mol. The summed E-state index contributed by atoms with van der Waals surface area (Å²) in [4.78, 5) is 13.9. The highest BCUT2D eigenvalue weighted by atomic mass is 19.2. The monoisotopic (exact) mass is 315 g/mol. The summed E-state index contributed by atoms with van der Waals surface area (Å²) in [6.45, 7) is 0.656. The van der Waals surface area contributed by atoms with Crippen LogP contribution in [0.25, 0.3) is 0 Å². The Morgan fingerprint density at radius 2 is 1.95 bits per heavy atom. The Labute approximate surface area is 127 Å². The Kier molecular flexibility index (Phi) is 5.44. The molecular formula is C15H19F2NO4. The van der Waals surface area contributed by atoms with E-state index in [-0.39, 0.29) is 30.4 Å². The molecule has 122 valence electrons. The molecule has 1 saturated heterocycles. The summed E-state index contributed by atoms with van der Waals surface area (Å²) < 4.78 is 42.4. The third-order valence-corrected chi connectivity index (χ3v) is 3.88. The number of methoxy groups -OCH3 is 2. The maximum absolute atomic E-state index is 13.3. The van der Waals surface area contributed by atoms with Crippen LogP contribution in [-0.4, -0.2) is 63.5 Å². The van der Waals surface area contributed by atoms with Crippen molar-refractivity contribution in [2.45, 2.75) is 18.2 Å². The van der Waals surface area contributed by atoms with E-state index in [2.05, 4.69) is 0 Å². The number of rotatable bonds is 4. The molecule has 1 heterocycles. The van der Waals surface area contributed by atoms with Gasteiger partial charge in [-0.3, -0.25) is 4.79 Å². The number of carbonyl (C=O) groups excluding carboxylic acids is 1. The quantitative estimate of drug-likeness (QED) is 0.844. The Bertz CT molecular complexity index is 540. The second kappa shape index (κ2) is 7.13. The first-order valence-electron chi connectivity index (χ1n) is 6.85. The van der Waals surface area contributed by atoms with Crippen molar-refractivity contribution in [1.82, 2.24) is 4.90 Å². The van der Waals surface area contributed by atoms with Gasteiger partial charge in [-0.05, 0) is 18.2 Å². The zero-order valence-corrected chi connectivity index (χ0v) is 12.7. The molecule has 2 rings (SSSR count). The number of nitrogens with zero attached hydrogens (tertiary/aromatic N) is 1. The minimum Gasteiger partial charge on any atom is -0.376 e. The van der Waals surface area contributed by atoms with Gasteiger partial charge in [-0.15, -0.1) is 0 Å². The highest BCUT2D eigenvalue weighted by Gasteiger charge is 2.38. The van der Waals surface area contributed by atoms with Gasteiger partial charge in [0.05, 0.1) is 19.3 Å². The first-order chi connectivity index (χ1) is 10.5. The van der Waals surface area contributed by atoms with Crippen molar-refractivity contribution in [3.63, 3.8) is 0 Å². The van der Waals surface area contributed by atoms with Crippen molar-refractivity contribution in [3.05, 3.63) is 35.4 Å². The number of hydrogen-bond donors (Lipinski definition) is 0. The fourth-order valence-electron chi connectivity index (χ4n) is 2.57. The first kappa shape index (κ1) is 16.8. The molecule has 22 heavy (non-hydrogen) atoms. The molecule has 0 aromatic heterocycles. The van der Waals surface area contributed by atoms with Gasteiger partial charge >= 0.3 is 0 Å². The summed E-state index contributed by atoms with van der Waals surface area (Å²) in [6.07, 6.45) is -0.665. The Balaban J connectivity index is 2.19. The minimum atomic E-state index is -1.06. The van der Waals surface area contributed by atoms with Gasteiger partial charge in [0.2, 0.25) is 0 Å². The van der Waals surface area contributed by atoms with Gasteiger partial charge in [0.15, 0.2) is 11.6 Å². The van der Waals surface area contributed by atoms with E-state index >= 15 is 0 Å². The van der Waals surface area contributed by atoms with Crippen molar-refractivity contribution in [2.24, 2.45) is 0 Å². The predicted molar refractivity (Wildman–Crippen MR) is 74.7 cm³/mol. The maximum atomic E-state index is 13.3. The number of amides is 1. The summed E-state index contributed by atoms with van der Waals surface area (Å²) in [6, 6.07) is 2.67. The molecule has 3 atom stereocenters. The number of likely N-dealkylation sites (N-methyl/N-ethyl adjacent to an activating group) is 1. The van der Waals surface area contributed by atoms with Gasteiger partial charge in [0, 0.05) is 26.8 Å². The Morgan fingerprint density at radius 1 is 1.23 bits per heavy atom. The molecule has 0 unspecified atom stereocenters. The van der Waals surface area contributed by atoms with Crippen molar-refractivity contribution in [3.8, 4) is 0 Å². The largest absolute Gasteiger partial charge is 0.376 e. The number of benzene rings is 1. The second-order valence-electron chi connectivity index (χ2n) is 5.12. The molecule has 1 aromatic rings. The zero-order valence-electron chi connectivity index (χ0n) is 12.7. The molecule has 7 heteroatoms. The van der Waals surface area contributed by atoms with Crippen LogP contribution in [0.15, 0.2) is 18.2 Å². The zero-order chi connectivity index (χ0) is 16.3. The van der Waals surface area contributed by atoms with E-state index < -0.39 is 17.5 Å². The second-order valence-corrected chi connectivity index (χ2v) is 5.12. The molecule has 5 nitrogen and oxygen atoms in total. The van der Waals surface area contributed by atoms with E-state index in [0.29, 0.717) is 6.61 Å². The molecule has 1 aromatic carbocycles. The van der Waals surface area contributed by atoms with Gasteiger partial charge in [0.25, 0.3) is 5.91 Å². The summed E-state index contributed by atoms with van der Waals surface area (Å²) in [7, 11) is 4.65. The van der Waals surface area contributed by atoms with E-state index in [1.807, 2.05) is 0 Å². The van der Waals surface area contributed by atoms with Gasteiger partial charge < -0.3 is 19.1 Å². The number of halogens is 2. The van der Waals surface area contributed by atoms with E-state index in [9.17, 15) is 13.6 Å². The highest BCUT2D eigenvalue weighted by Crippen LogP contribution is 2.21. The van der Waals surface area contributed by atoms with Crippen molar-refractivity contribution in [1.29, 1.82) is 0 Å². The molecule has 0 bridgehead atoms.